The van der Waals surface area contributed by atoms with E-state index in [1.54, 1.807) is 0 Å². The first-order valence-electron chi connectivity index (χ1n) is 34.0. The number of aliphatic hydroxyl groups is 17. The summed E-state index contributed by atoms with van der Waals surface area (Å²) in [6, 6.07) is 0. The van der Waals surface area contributed by atoms with Crippen molar-refractivity contribution in [3.8, 4) is 0 Å². The van der Waals surface area contributed by atoms with E-state index in [9.17, 15) is 86.8 Å². The number of rotatable bonds is 15. The Labute approximate surface area is 551 Å². The second kappa shape index (κ2) is 27.7. The van der Waals surface area contributed by atoms with Gasteiger partial charge in [0.2, 0.25) is 6.29 Å². The third-order valence-corrected chi connectivity index (χ3v) is 25.2. The van der Waals surface area contributed by atoms with Crippen molar-refractivity contribution in [2.75, 3.05) is 26.4 Å². The smallest absolute Gasteiger partial charge is 0.315 e. The van der Waals surface area contributed by atoms with Crippen LogP contribution in [-0.4, -0.2) is 303 Å². The van der Waals surface area contributed by atoms with Crippen LogP contribution in [0.3, 0.4) is 0 Å². The molecule has 5 aliphatic carbocycles. The fourth-order valence-corrected chi connectivity index (χ4v) is 19.0. The van der Waals surface area contributed by atoms with Crippen LogP contribution in [0.5, 0.6) is 0 Å². The van der Waals surface area contributed by atoms with Crippen molar-refractivity contribution in [2.24, 2.45) is 50.2 Å². The zero-order valence-corrected chi connectivity index (χ0v) is 55.4. The summed E-state index contributed by atoms with van der Waals surface area (Å²) in [5.41, 5.74) is -1.64. The van der Waals surface area contributed by atoms with Crippen molar-refractivity contribution in [3.63, 3.8) is 0 Å². The van der Waals surface area contributed by atoms with Gasteiger partial charge in [-0.05, 0) is 123 Å². The molecule has 95 heavy (non-hydrogen) atoms. The van der Waals surface area contributed by atoms with E-state index in [4.69, 9.17) is 56.8 Å². The van der Waals surface area contributed by atoms with Crippen molar-refractivity contribution in [1.29, 1.82) is 0 Å². The van der Waals surface area contributed by atoms with Gasteiger partial charge in [0.05, 0.1) is 50.2 Å². The first-order chi connectivity index (χ1) is 44.5. The van der Waals surface area contributed by atoms with E-state index < -0.39 is 226 Å². The van der Waals surface area contributed by atoms with Crippen molar-refractivity contribution in [1.82, 2.24) is 0 Å². The predicted molar refractivity (Wildman–Crippen MR) is 319 cm³/mol. The summed E-state index contributed by atoms with van der Waals surface area (Å²) in [6.45, 7) is 16.1. The molecular weight excluding hydrogens is 1260 g/mol. The van der Waals surface area contributed by atoms with Crippen LogP contribution in [0.25, 0.3) is 0 Å². The van der Waals surface area contributed by atoms with E-state index in [1.807, 2.05) is 0 Å². The molecule has 6 aliphatic heterocycles. The number of hydrogen-bond acceptors (Lipinski definition) is 30. The van der Waals surface area contributed by atoms with E-state index in [1.165, 1.54) is 19.4 Å². The van der Waals surface area contributed by atoms with E-state index in [2.05, 4.69) is 54.5 Å². The topological polar surface area (TPSA) is 472 Å². The molecule has 4 saturated carbocycles. The van der Waals surface area contributed by atoms with Crippen molar-refractivity contribution in [2.45, 2.75) is 311 Å². The molecule has 0 radical (unpaired) electrons. The Hall–Kier alpha value is -1.91. The maximum atomic E-state index is 15.3. The summed E-state index contributed by atoms with van der Waals surface area (Å²) in [6.07, 6.45) is -38.8. The zero-order chi connectivity index (χ0) is 69.3. The summed E-state index contributed by atoms with van der Waals surface area (Å²) < 4.78 is 72.5. The molecule has 30 nitrogen and oxygen atoms in total. The maximum Gasteiger partial charge on any atom is 0.315 e. The van der Waals surface area contributed by atoms with E-state index in [0.717, 1.165) is 12.8 Å². The van der Waals surface area contributed by atoms with Crippen LogP contribution in [0, 0.1) is 50.2 Å². The molecule has 0 bridgehead atoms. The highest BCUT2D eigenvalue weighted by Crippen LogP contribution is 2.76. The zero-order valence-electron chi connectivity index (χ0n) is 55.4. The summed E-state index contributed by atoms with van der Waals surface area (Å²) >= 11 is 0. The molecule has 0 spiro atoms. The lowest BCUT2D eigenvalue weighted by Gasteiger charge is -2.71. The van der Waals surface area contributed by atoms with Crippen LogP contribution in [0.4, 0.5) is 0 Å². The number of esters is 1. The molecule has 0 aromatic heterocycles. The van der Waals surface area contributed by atoms with Crippen molar-refractivity contribution < 1.29 is 148 Å². The fraction of sp³-hybridized carbons (Fsp3) is 0.954. The average molecular weight is 1370 g/mol. The van der Waals surface area contributed by atoms with E-state index in [0.29, 0.717) is 51.4 Å². The largest absolute Gasteiger partial charge is 0.432 e. The molecule has 10 fully saturated rings. The van der Waals surface area contributed by atoms with Crippen LogP contribution >= 0.6 is 0 Å². The SMILES string of the molecule is CC1OC(OC2C(CO)OC(OCC3OC(OC(=O)C45CCC(C)(C)CC4C4=CCC6C7(C)CCC(OC8OCC(O)C(OC9OC(CO)C(O)C(O)C9O)C8OC8OC(C)C(O)C(O)C8O)C(C)(C)C7CCC6(C)C4(C)CC5)C(O)C(O)C3O)C(O)C2O)C(O)C(O)C1O. The first-order valence-corrected chi connectivity index (χ1v) is 34.0. The van der Waals surface area contributed by atoms with E-state index in [-0.39, 0.29) is 40.6 Å². The lowest BCUT2D eigenvalue weighted by molar-refractivity contribution is -0.388. The van der Waals surface area contributed by atoms with Crippen molar-refractivity contribution >= 4 is 5.97 Å². The van der Waals surface area contributed by atoms with Gasteiger partial charge in [-0.2, -0.15) is 0 Å². The summed E-state index contributed by atoms with van der Waals surface area (Å²) in [7, 11) is 0. The number of carbonyl (C=O) groups excluding carboxylic acids is 1. The standard InChI is InChI=1S/C65H106O30/c1-25-36(69)40(73)45(78)54(86-25)93-51-31(22-67)89-53(49(82)44(51)77)85-24-32-39(72)43(76)48(81)57(90-32)95-59(83)65-18-16-60(3,4)20-28(65)27-10-11-34-62(7)14-13-35(61(5,6)33(62)12-15-64(34,9)63(27,8)17-19-65)91-58-52(94-55-46(79)41(74)37(70)26(2)87-55)50(29(68)23-84-58)92-56-47(80)42(75)38(71)30(21-66)88-56/h10,25-26,28-58,66-82H,11-24H2,1-9H3. The number of allylic oxidation sites excluding steroid dienone is 2. The molecule has 0 aromatic rings. The van der Waals surface area contributed by atoms with Gasteiger partial charge in [0.25, 0.3) is 0 Å². The molecule has 30 heteroatoms. The Morgan fingerprint density at radius 1 is 0.495 bits per heavy atom. The number of hydrogen-bond donors (Lipinski definition) is 17. The maximum absolute atomic E-state index is 15.3. The fourth-order valence-electron chi connectivity index (χ4n) is 19.0. The number of aliphatic hydroxyl groups excluding tert-OH is 17. The minimum atomic E-state index is -1.92. The van der Waals surface area contributed by atoms with Gasteiger partial charge >= 0.3 is 5.97 Å². The van der Waals surface area contributed by atoms with Gasteiger partial charge in [-0.15, -0.1) is 0 Å². The van der Waals surface area contributed by atoms with Gasteiger partial charge in [0, 0.05) is 0 Å². The molecule has 0 aromatic carbocycles. The predicted octanol–water partition coefficient (Wildman–Crippen LogP) is -3.69. The second-order valence-corrected chi connectivity index (χ2v) is 31.4. The van der Waals surface area contributed by atoms with E-state index >= 15 is 4.79 Å². The van der Waals surface area contributed by atoms with Gasteiger partial charge < -0.3 is 144 Å². The van der Waals surface area contributed by atoms with Crippen LogP contribution in [0.1, 0.15) is 127 Å². The molecule has 546 valence electrons. The van der Waals surface area contributed by atoms with Gasteiger partial charge in [-0.3, -0.25) is 4.79 Å². The molecule has 6 heterocycles. The highest BCUT2D eigenvalue weighted by Gasteiger charge is 2.71. The van der Waals surface area contributed by atoms with Crippen LogP contribution < -0.4 is 0 Å². The summed E-state index contributed by atoms with van der Waals surface area (Å²) in [5, 5.41) is 184. The molecule has 17 N–H and O–H groups in total. The van der Waals surface area contributed by atoms with Gasteiger partial charge in [0.1, 0.15) is 128 Å². The first kappa shape index (κ1) is 74.3. The average Bonchev–Trinajstić information content (AvgIpc) is 0.672. The van der Waals surface area contributed by atoms with Gasteiger partial charge in [-0.1, -0.05) is 60.1 Å². The van der Waals surface area contributed by atoms with Crippen LogP contribution in [0.2, 0.25) is 0 Å². The lowest BCUT2D eigenvalue weighted by Crippen LogP contribution is -2.67. The van der Waals surface area contributed by atoms with Crippen LogP contribution in [-0.2, 0) is 61.6 Å². The Kier molecular flexibility index (Phi) is 21.7. The van der Waals surface area contributed by atoms with Gasteiger partial charge in [0.15, 0.2) is 31.5 Å². The molecule has 11 aliphatic rings. The quantitative estimate of drug-likeness (QED) is 0.0426. The minimum absolute atomic E-state index is 0.0592. The normalized spacial score (nSPS) is 54.6. The Balaban J connectivity index is 0.789. The Bertz CT molecular complexity index is 2670. The summed E-state index contributed by atoms with van der Waals surface area (Å²) in [4.78, 5) is 15.3. The Morgan fingerprint density at radius 3 is 1.62 bits per heavy atom. The van der Waals surface area contributed by atoms with Crippen LogP contribution in [0.15, 0.2) is 11.6 Å². The number of fused-ring (bicyclic) bond motifs is 7. The molecule has 0 amide bonds. The highest BCUT2D eigenvalue weighted by atomic mass is 16.8. The Morgan fingerprint density at radius 2 is 1.01 bits per heavy atom. The molecule has 37 atom stereocenters. The highest BCUT2D eigenvalue weighted by molar-refractivity contribution is 5.79. The molecule has 37 unspecified atom stereocenters. The molecule has 6 saturated heterocycles. The lowest BCUT2D eigenvalue weighted by atomic mass is 9.33. The molecule has 11 rings (SSSR count). The number of carbonyl (C=O) groups is 1. The summed E-state index contributed by atoms with van der Waals surface area (Å²) in [5.74, 6) is -0.729. The number of ether oxygens (including phenoxy) is 12. The monoisotopic (exact) mass is 1370 g/mol. The van der Waals surface area contributed by atoms with Crippen molar-refractivity contribution in [3.05, 3.63) is 11.6 Å². The van der Waals surface area contributed by atoms with Gasteiger partial charge in [-0.25, -0.2) is 0 Å². The third-order valence-electron chi connectivity index (χ3n) is 25.2. The minimum Gasteiger partial charge on any atom is -0.432 e. The second-order valence-electron chi connectivity index (χ2n) is 31.4. The molecular formula is C65H106O30. The third kappa shape index (κ3) is 12.9.